The van der Waals surface area contributed by atoms with Crippen molar-refractivity contribution >= 4 is 29.1 Å². The topological polar surface area (TPSA) is 66.7 Å². The molecule has 0 aromatic carbocycles. The fourth-order valence-corrected chi connectivity index (χ4v) is 2.12. The van der Waals surface area contributed by atoms with Gasteiger partial charge < -0.3 is 15.1 Å². The highest BCUT2D eigenvalue weighted by Gasteiger charge is 2.18. The van der Waals surface area contributed by atoms with Gasteiger partial charge in [0.25, 0.3) is 11.8 Å². The van der Waals surface area contributed by atoms with Crippen LogP contribution in [-0.2, 0) is 9.59 Å². The van der Waals surface area contributed by atoms with E-state index in [9.17, 15) is 9.59 Å². The zero-order valence-corrected chi connectivity index (χ0v) is 13.4. The van der Waals surface area contributed by atoms with Crippen LogP contribution in [0.15, 0.2) is 18.3 Å². The van der Waals surface area contributed by atoms with E-state index in [1.165, 1.54) is 0 Å². The largest absolute Gasteiger partial charge is 0.338 e. The van der Waals surface area contributed by atoms with Gasteiger partial charge in [-0.1, -0.05) is 11.6 Å². The molecule has 21 heavy (non-hydrogen) atoms. The van der Waals surface area contributed by atoms with Gasteiger partial charge in [-0.05, 0) is 26.0 Å². The van der Waals surface area contributed by atoms with Gasteiger partial charge in [0.15, 0.2) is 18.2 Å². The van der Waals surface area contributed by atoms with Crippen LogP contribution in [-0.4, -0.2) is 54.9 Å². The van der Waals surface area contributed by atoms with Crippen LogP contribution in [0.3, 0.4) is 0 Å². The summed E-state index contributed by atoms with van der Waals surface area (Å²) in [6.45, 7) is 5.72. The van der Waals surface area contributed by atoms with E-state index >= 15 is 0 Å². The molecule has 1 aromatic heterocycles. The van der Waals surface area contributed by atoms with Crippen molar-refractivity contribution in [2.45, 2.75) is 13.8 Å². The summed E-state index contributed by atoms with van der Waals surface area (Å²) < 4.78 is 0. The predicted octanol–water partition coefficient (Wildman–Crippen LogP) is 0.0566. The summed E-state index contributed by atoms with van der Waals surface area (Å²) in [4.78, 5) is 30.3. The number of carbonyl (C=O) groups excluding carboxylic acids is 2. The van der Waals surface area contributed by atoms with Crippen LogP contribution in [0, 0.1) is 0 Å². The summed E-state index contributed by atoms with van der Waals surface area (Å²) in [6, 6.07) is 3.38. The van der Waals surface area contributed by atoms with Crippen LogP contribution in [0.2, 0.25) is 5.15 Å². The van der Waals surface area contributed by atoms with Crippen molar-refractivity contribution in [1.29, 1.82) is 0 Å². The maximum absolute atomic E-state index is 12.0. The molecule has 1 rings (SSSR count). The third kappa shape index (κ3) is 5.69. The van der Waals surface area contributed by atoms with E-state index in [-0.39, 0.29) is 30.1 Å². The molecule has 2 N–H and O–H groups in total. The van der Waals surface area contributed by atoms with E-state index in [4.69, 9.17) is 11.6 Å². The Hall–Kier alpha value is -1.66. The lowest BCUT2D eigenvalue weighted by Gasteiger charge is -2.20. The first kappa shape index (κ1) is 17.4. The zero-order chi connectivity index (χ0) is 15.8. The van der Waals surface area contributed by atoms with Crippen LogP contribution in [0.1, 0.15) is 13.8 Å². The molecule has 0 bridgehead atoms. The molecular formula is C14H22ClN4O2+. The third-order valence-corrected chi connectivity index (χ3v) is 3.37. The molecule has 1 unspecified atom stereocenters. The average Bonchev–Trinajstić information content (AvgIpc) is 2.42. The number of hydrogen-bond donors (Lipinski definition) is 2. The lowest BCUT2D eigenvalue weighted by Crippen LogP contribution is -3.11. The molecule has 0 fully saturated rings. The van der Waals surface area contributed by atoms with Crippen LogP contribution in [0.5, 0.6) is 0 Å². The van der Waals surface area contributed by atoms with Gasteiger partial charge in [0.2, 0.25) is 0 Å². The smallest absolute Gasteiger partial charge is 0.279 e. The van der Waals surface area contributed by atoms with Crippen LogP contribution < -0.4 is 10.2 Å². The van der Waals surface area contributed by atoms with E-state index in [0.717, 1.165) is 4.90 Å². The van der Waals surface area contributed by atoms with Crippen molar-refractivity contribution in [3.8, 4) is 0 Å². The molecule has 0 spiro atoms. The quantitative estimate of drug-likeness (QED) is 0.699. The van der Waals surface area contributed by atoms with E-state index in [1.807, 2.05) is 20.9 Å². The summed E-state index contributed by atoms with van der Waals surface area (Å²) in [5, 5.41) is 2.94. The number of quaternary nitrogens is 1. The fraction of sp³-hybridized carbons (Fsp3) is 0.500. The number of carbonyl (C=O) groups is 2. The molecule has 7 heteroatoms. The van der Waals surface area contributed by atoms with E-state index in [0.29, 0.717) is 18.8 Å². The second kappa shape index (κ2) is 8.59. The molecule has 0 aliphatic rings. The van der Waals surface area contributed by atoms with Crippen LogP contribution in [0.25, 0.3) is 0 Å². The number of pyridine rings is 1. The average molecular weight is 314 g/mol. The first-order chi connectivity index (χ1) is 9.97. The number of hydrogen-bond acceptors (Lipinski definition) is 3. The van der Waals surface area contributed by atoms with Gasteiger partial charge in [0.05, 0.1) is 12.7 Å². The van der Waals surface area contributed by atoms with Gasteiger partial charge in [0, 0.05) is 19.3 Å². The Morgan fingerprint density at radius 2 is 2.00 bits per heavy atom. The lowest BCUT2D eigenvalue weighted by atomic mass is 10.4. The molecule has 1 heterocycles. The maximum atomic E-state index is 12.0. The Kier molecular flexibility index (Phi) is 7.11. The highest BCUT2D eigenvalue weighted by Crippen LogP contribution is 2.16. The normalized spacial score (nSPS) is 11.8. The number of amides is 2. The Bertz CT molecular complexity index is 492. The Labute approximate surface area is 130 Å². The molecule has 1 atom stereocenters. The predicted molar refractivity (Wildman–Crippen MR) is 82.4 cm³/mol. The van der Waals surface area contributed by atoms with Gasteiger partial charge in [0.1, 0.15) is 0 Å². The fourth-order valence-electron chi connectivity index (χ4n) is 1.96. The van der Waals surface area contributed by atoms with Gasteiger partial charge in [-0.15, -0.1) is 0 Å². The lowest BCUT2D eigenvalue weighted by molar-refractivity contribution is -0.862. The first-order valence-electron chi connectivity index (χ1n) is 6.97. The van der Waals surface area contributed by atoms with E-state index in [2.05, 4.69) is 10.3 Å². The standard InChI is InChI=1S/C14H21ClN4O2/c1-4-19(5-2)13(21)10-18(3)9-12(20)17-11-7-6-8-16-14(11)15/h6-8H,4-5,9-10H2,1-3H3,(H,17,20)/p+1. The summed E-state index contributed by atoms with van der Waals surface area (Å²) >= 11 is 5.87. The minimum atomic E-state index is -0.199. The minimum absolute atomic E-state index is 0.0460. The maximum Gasteiger partial charge on any atom is 0.279 e. The van der Waals surface area contributed by atoms with Crippen molar-refractivity contribution in [1.82, 2.24) is 9.88 Å². The second-order valence-corrected chi connectivity index (χ2v) is 5.12. The van der Waals surface area contributed by atoms with Crippen molar-refractivity contribution in [2.75, 3.05) is 38.5 Å². The number of likely N-dealkylation sites (N-methyl/N-ethyl adjacent to an activating group) is 2. The van der Waals surface area contributed by atoms with Gasteiger partial charge in [-0.25, -0.2) is 4.98 Å². The monoisotopic (exact) mass is 313 g/mol. The number of halogens is 1. The number of rotatable bonds is 7. The van der Waals surface area contributed by atoms with Gasteiger partial charge >= 0.3 is 0 Å². The SMILES string of the molecule is CCN(CC)C(=O)C[NH+](C)CC(=O)Nc1cccnc1Cl. The molecule has 0 aliphatic carbocycles. The summed E-state index contributed by atoms with van der Waals surface area (Å²) in [5.41, 5.74) is 0.479. The molecule has 0 radical (unpaired) electrons. The molecule has 0 aliphatic heterocycles. The highest BCUT2D eigenvalue weighted by molar-refractivity contribution is 6.32. The molecular weight excluding hydrogens is 292 g/mol. The summed E-state index contributed by atoms with van der Waals surface area (Å²) in [6.07, 6.45) is 1.55. The Balaban J connectivity index is 2.47. The number of nitrogens with one attached hydrogen (secondary N) is 2. The molecule has 2 amide bonds. The minimum Gasteiger partial charge on any atom is -0.338 e. The van der Waals surface area contributed by atoms with Crippen molar-refractivity contribution < 1.29 is 14.5 Å². The van der Waals surface area contributed by atoms with Crippen LogP contribution >= 0.6 is 11.6 Å². The van der Waals surface area contributed by atoms with Crippen molar-refractivity contribution in [2.24, 2.45) is 0 Å². The Morgan fingerprint density at radius 3 is 2.57 bits per heavy atom. The Morgan fingerprint density at radius 1 is 1.33 bits per heavy atom. The molecule has 1 aromatic rings. The molecule has 6 nitrogen and oxygen atoms in total. The second-order valence-electron chi connectivity index (χ2n) is 4.77. The van der Waals surface area contributed by atoms with Crippen LogP contribution in [0.4, 0.5) is 5.69 Å². The van der Waals surface area contributed by atoms with E-state index < -0.39 is 0 Å². The van der Waals surface area contributed by atoms with Gasteiger partial charge in [-0.3, -0.25) is 9.59 Å². The van der Waals surface area contributed by atoms with Crippen molar-refractivity contribution in [3.63, 3.8) is 0 Å². The number of anilines is 1. The first-order valence-corrected chi connectivity index (χ1v) is 7.35. The summed E-state index contributed by atoms with van der Waals surface area (Å²) in [5.74, 6) is -0.153. The highest BCUT2D eigenvalue weighted by atomic mass is 35.5. The number of aromatic nitrogens is 1. The van der Waals surface area contributed by atoms with Crippen molar-refractivity contribution in [3.05, 3.63) is 23.5 Å². The summed E-state index contributed by atoms with van der Waals surface area (Å²) in [7, 11) is 1.81. The molecule has 0 saturated carbocycles. The molecule has 116 valence electrons. The third-order valence-electron chi connectivity index (χ3n) is 3.06. The number of nitrogens with zero attached hydrogens (tertiary/aromatic N) is 2. The van der Waals surface area contributed by atoms with Gasteiger partial charge in [-0.2, -0.15) is 0 Å². The van der Waals surface area contributed by atoms with E-state index in [1.54, 1.807) is 23.2 Å². The molecule has 0 saturated heterocycles. The zero-order valence-electron chi connectivity index (χ0n) is 12.6.